The van der Waals surface area contributed by atoms with Crippen LogP contribution in [0.15, 0.2) is 194 Å². The molecule has 0 radical (unpaired) electrons. The SMILES string of the molecule is N#Cc1ccc(N(c2ccc3ccccc3c2)c2cc3c4ccccc4c(N(c4ccc(C#N)cc4)c4ccc5ccccc5c4)cc3c3ccccc23)cc1. The molecule has 0 aliphatic carbocycles. The molecule has 0 N–H and O–H groups in total. The Morgan fingerprint density at radius 2 is 0.625 bits per heavy atom. The van der Waals surface area contributed by atoms with Gasteiger partial charge in [-0.3, -0.25) is 0 Å². The van der Waals surface area contributed by atoms with E-state index >= 15 is 0 Å². The zero-order valence-corrected chi connectivity index (χ0v) is 30.3. The first-order valence-electron chi connectivity index (χ1n) is 18.6. The van der Waals surface area contributed by atoms with Gasteiger partial charge in [0.05, 0.1) is 34.6 Å². The predicted molar refractivity (Wildman–Crippen MR) is 233 cm³/mol. The van der Waals surface area contributed by atoms with Gasteiger partial charge in [-0.05, 0) is 128 Å². The molecule has 56 heavy (non-hydrogen) atoms. The van der Waals surface area contributed by atoms with E-state index in [1.807, 2.05) is 48.5 Å². The molecular weight excluding hydrogens is 681 g/mol. The molecule has 0 bridgehead atoms. The van der Waals surface area contributed by atoms with E-state index in [1.165, 1.54) is 10.8 Å². The molecule has 0 saturated carbocycles. The van der Waals surface area contributed by atoms with E-state index in [2.05, 4.69) is 168 Å². The van der Waals surface area contributed by atoms with Gasteiger partial charge in [-0.2, -0.15) is 10.5 Å². The van der Waals surface area contributed by atoms with Crippen LogP contribution in [0.5, 0.6) is 0 Å². The van der Waals surface area contributed by atoms with Crippen LogP contribution in [0, 0.1) is 22.7 Å². The van der Waals surface area contributed by atoms with Gasteiger partial charge in [0.15, 0.2) is 0 Å². The lowest BCUT2D eigenvalue weighted by Crippen LogP contribution is -2.12. The fraction of sp³-hybridized carbons (Fsp3) is 0. The Kier molecular flexibility index (Phi) is 7.88. The molecule has 0 spiro atoms. The summed E-state index contributed by atoms with van der Waals surface area (Å²) in [5.41, 5.74) is 7.32. The van der Waals surface area contributed by atoms with Crippen molar-refractivity contribution < 1.29 is 0 Å². The summed E-state index contributed by atoms with van der Waals surface area (Å²) < 4.78 is 0. The van der Waals surface area contributed by atoms with Gasteiger partial charge in [0.2, 0.25) is 0 Å². The molecule has 0 aliphatic rings. The molecule has 0 unspecified atom stereocenters. The molecule has 0 saturated heterocycles. The third kappa shape index (κ3) is 5.53. The summed E-state index contributed by atoms with van der Waals surface area (Å²) in [5.74, 6) is 0. The van der Waals surface area contributed by atoms with E-state index in [0.29, 0.717) is 11.1 Å². The third-order valence-electron chi connectivity index (χ3n) is 10.8. The number of nitriles is 2. The minimum atomic E-state index is 0.618. The second kappa shape index (κ2) is 13.5. The van der Waals surface area contributed by atoms with Gasteiger partial charge in [0.1, 0.15) is 0 Å². The van der Waals surface area contributed by atoms with Crippen molar-refractivity contribution in [2.75, 3.05) is 9.80 Å². The van der Waals surface area contributed by atoms with Crippen LogP contribution in [-0.2, 0) is 0 Å². The van der Waals surface area contributed by atoms with Crippen LogP contribution in [0.25, 0.3) is 53.9 Å². The van der Waals surface area contributed by atoms with Crippen molar-refractivity contribution in [2.45, 2.75) is 0 Å². The predicted octanol–water partition coefficient (Wildman–Crippen LogP) is 14.1. The first kappa shape index (κ1) is 32.7. The first-order chi connectivity index (χ1) is 27.7. The molecule has 0 atom stereocenters. The van der Waals surface area contributed by atoms with Gasteiger partial charge >= 0.3 is 0 Å². The van der Waals surface area contributed by atoms with Gasteiger partial charge in [-0.1, -0.05) is 109 Å². The molecule has 0 aromatic heterocycles. The number of fused-ring (bicyclic) bond motifs is 7. The maximum absolute atomic E-state index is 9.68. The van der Waals surface area contributed by atoms with E-state index in [0.717, 1.165) is 77.2 Å². The van der Waals surface area contributed by atoms with Gasteiger partial charge in [-0.15, -0.1) is 0 Å². The van der Waals surface area contributed by atoms with Crippen molar-refractivity contribution in [3.05, 3.63) is 205 Å². The lowest BCUT2D eigenvalue weighted by atomic mass is 9.93. The summed E-state index contributed by atoms with van der Waals surface area (Å²) in [7, 11) is 0. The minimum absolute atomic E-state index is 0.618. The van der Waals surface area contributed by atoms with Crippen molar-refractivity contribution in [1.82, 2.24) is 0 Å². The van der Waals surface area contributed by atoms with Gasteiger partial charge in [-0.25, -0.2) is 0 Å². The Balaban J connectivity index is 1.27. The van der Waals surface area contributed by atoms with E-state index in [1.54, 1.807) is 0 Å². The Bertz CT molecular complexity index is 3000. The number of benzene rings is 10. The molecule has 10 aromatic carbocycles. The summed E-state index contributed by atoms with van der Waals surface area (Å²) in [5, 5.41) is 30.8. The van der Waals surface area contributed by atoms with Crippen LogP contribution in [0.1, 0.15) is 11.1 Å². The van der Waals surface area contributed by atoms with Gasteiger partial charge < -0.3 is 9.80 Å². The number of nitrogens with zero attached hydrogens (tertiary/aromatic N) is 4. The quantitative estimate of drug-likeness (QED) is 0.161. The van der Waals surface area contributed by atoms with Crippen molar-refractivity contribution in [3.8, 4) is 12.1 Å². The second-order valence-electron chi connectivity index (χ2n) is 14.0. The molecule has 0 fully saturated rings. The summed E-state index contributed by atoms with van der Waals surface area (Å²) in [6.07, 6.45) is 0. The zero-order chi connectivity index (χ0) is 37.6. The Labute approximate surface area is 324 Å². The fourth-order valence-corrected chi connectivity index (χ4v) is 8.14. The molecule has 4 nitrogen and oxygen atoms in total. The van der Waals surface area contributed by atoms with Crippen LogP contribution < -0.4 is 9.80 Å². The Morgan fingerprint density at radius 1 is 0.286 bits per heavy atom. The van der Waals surface area contributed by atoms with Crippen LogP contribution in [-0.4, -0.2) is 0 Å². The molecule has 0 aliphatic heterocycles. The topological polar surface area (TPSA) is 54.1 Å². The molecule has 10 aromatic rings. The molecule has 10 rings (SSSR count). The van der Waals surface area contributed by atoms with Gasteiger partial charge in [0, 0.05) is 33.5 Å². The standard InChI is InChI=1S/C52H32N4/c53-33-35-17-23-41(24-18-35)55(43-27-21-37-9-1-3-11-39(37)29-43)51-31-49-46-14-6-8-16-48(46)52(32-50(49)45-13-5-7-15-47(45)51)56(42-25-19-36(34-54)20-26-42)44-28-22-38-10-2-4-12-40(38)30-44/h1-32H. The lowest BCUT2D eigenvalue weighted by Gasteiger charge is -2.30. The van der Waals surface area contributed by atoms with Gasteiger partial charge in [0.25, 0.3) is 0 Å². The lowest BCUT2D eigenvalue weighted by molar-refractivity contribution is 1.30. The highest BCUT2D eigenvalue weighted by atomic mass is 15.2. The average molecular weight is 713 g/mol. The highest BCUT2D eigenvalue weighted by Crippen LogP contribution is 2.48. The average Bonchev–Trinajstić information content (AvgIpc) is 3.27. The molecule has 260 valence electrons. The number of anilines is 6. The Hall–Kier alpha value is -7.92. The van der Waals surface area contributed by atoms with Crippen LogP contribution in [0.3, 0.4) is 0 Å². The van der Waals surface area contributed by atoms with E-state index in [4.69, 9.17) is 0 Å². The monoisotopic (exact) mass is 712 g/mol. The summed E-state index contributed by atoms with van der Waals surface area (Å²) in [4.78, 5) is 4.63. The maximum atomic E-state index is 9.68. The normalized spacial score (nSPS) is 11.2. The summed E-state index contributed by atoms with van der Waals surface area (Å²) in [6.45, 7) is 0. The smallest absolute Gasteiger partial charge is 0.0991 e. The first-order valence-corrected chi connectivity index (χ1v) is 18.6. The number of hydrogen-bond acceptors (Lipinski definition) is 4. The van der Waals surface area contributed by atoms with Crippen LogP contribution in [0.4, 0.5) is 34.1 Å². The Morgan fingerprint density at radius 3 is 1.02 bits per heavy atom. The largest absolute Gasteiger partial charge is 0.310 e. The van der Waals surface area contributed by atoms with Crippen LogP contribution >= 0.6 is 0 Å². The zero-order valence-electron chi connectivity index (χ0n) is 30.3. The third-order valence-corrected chi connectivity index (χ3v) is 10.8. The second-order valence-corrected chi connectivity index (χ2v) is 14.0. The van der Waals surface area contributed by atoms with E-state index < -0.39 is 0 Å². The van der Waals surface area contributed by atoms with Crippen molar-refractivity contribution in [2.24, 2.45) is 0 Å². The molecular formula is C52H32N4. The van der Waals surface area contributed by atoms with E-state index in [9.17, 15) is 10.5 Å². The summed E-state index contributed by atoms with van der Waals surface area (Å²) in [6, 6.07) is 72.3. The highest BCUT2D eigenvalue weighted by Gasteiger charge is 2.22. The van der Waals surface area contributed by atoms with Crippen LogP contribution in [0.2, 0.25) is 0 Å². The summed E-state index contributed by atoms with van der Waals surface area (Å²) >= 11 is 0. The highest BCUT2D eigenvalue weighted by molar-refractivity contribution is 6.24. The van der Waals surface area contributed by atoms with E-state index in [-0.39, 0.29) is 0 Å². The number of hydrogen-bond donors (Lipinski definition) is 0. The molecule has 0 heterocycles. The fourth-order valence-electron chi connectivity index (χ4n) is 8.14. The van der Waals surface area contributed by atoms with Crippen molar-refractivity contribution >= 4 is 88.0 Å². The maximum Gasteiger partial charge on any atom is 0.0991 e. The minimum Gasteiger partial charge on any atom is -0.310 e. The number of rotatable bonds is 6. The van der Waals surface area contributed by atoms with Crippen molar-refractivity contribution in [1.29, 1.82) is 10.5 Å². The molecule has 0 amide bonds. The van der Waals surface area contributed by atoms with Crippen molar-refractivity contribution in [3.63, 3.8) is 0 Å². The molecule has 4 heteroatoms.